The lowest BCUT2D eigenvalue weighted by molar-refractivity contribution is 0.0256. The van der Waals surface area contributed by atoms with Gasteiger partial charge in [0.25, 0.3) is 0 Å². The van der Waals surface area contributed by atoms with Gasteiger partial charge < -0.3 is 20.7 Å². The molecule has 1 amide bonds. The number of hydrogen-bond donors (Lipinski definition) is 2. The molecule has 0 rings (SSSR count). The number of guanidine groups is 1. The summed E-state index contributed by atoms with van der Waals surface area (Å²) in [7, 11) is 0. The summed E-state index contributed by atoms with van der Waals surface area (Å²) >= 11 is 0. The van der Waals surface area contributed by atoms with Gasteiger partial charge in [-0.05, 0) is 41.0 Å². The van der Waals surface area contributed by atoms with E-state index in [1.165, 1.54) is 0 Å². The smallest absolute Gasteiger partial charge is 0.410 e. The number of halogens is 1. The van der Waals surface area contributed by atoms with E-state index in [1.807, 2.05) is 41.5 Å². The summed E-state index contributed by atoms with van der Waals surface area (Å²) in [4.78, 5) is 17.9. The summed E-state index contributed by atoms with van der Waals surface area (Å²) in [6, 6.07) is 0.247. The Kier molecular flexibility index (Phi) is 11.7. The number of nitrogens with two attached hydrogens (primary N) is 1. The molecule has 21 heavy (non-hydrogen) atoms. The molecule has 6 nitrogen and oxygen atoms in total. The Hall–Kier alpha value is -0.730. The third kappa shape index (κ3) is 12.7. The number of ether oxygens (including phenoxy) is 1. The van der Waals surface area contributed by atoms with Gasteiger partial charge in [0.1, 0.15) is 5.60 Å². The molecule has 0 aliphatic carbocycles. The molecule has 0 spiro atoms. The molecule has 126 valence electrons. The molecule has 0 aliphatic rings. The van der Waals surface area contributed by atoms with E-state index in [2.05, 4.69) is 10.3 Å². The Morgan fingerprint density at radius 3 is 2.33 bits per heavy atom. The molecule has 0 fully saturated rings. The molecular weight excluding hydrogens is 383 g/mol. The normalized spacial score (nSPS) is 11.9. The molecule has 0 atom stereocenters. The minimum absolute atomic E-state index is 0. The van der Waals surface area contributed by atoms with Gasteiger partial charge in [-0.2, -0.15) is 0 Å². The number of rotatable bonds is 6. The SMILES string of the molecule is CCCN(CCN=C(N)NC(C)C)C(=O)OC(C)(C)C.I. The van der Waals surface area contributed by atoms with Gasteiger partial charge in [-0.3, -0.25) is 4.99 Å². The molecule has 0 heterocycles. The summed E-state index contributed by atoms with van der Waals surface area (Å²) in [6.07, 6.45) is 0.577. The van der Waals surface area contributed by atoms with E-state index in [0.717, 1.165) is 6.42 Å². The second kappa shape index (κ2) is 10.9. The molecular formula is C14H31IN4O2. The fourth-order valence-electron chi connectivity index (χ4n) is 1.52. The van der Waals surface area contributed by atoms with Crippen molar-refractivity contribution in [3.63, 3.8) is 0 Å². The Bertz CT molecular complexity index is 327. The van der Waals surface area contributed by atoms with Crippen molar-refractivity contribution in [3.05, 3.63) is 0 Å². The standard InChI is InChI=1S/C14H30N4O2.HI/c1-7-9-18(13(19)20-14(4,5)6)10-8-16-12(15)17-11(2)3;/h11H,7-10H2,1-6H3,(H3,15,16,17);1H. The summed E-state index contributed by atoms with van der Waals surface area (Å²) < 4.78 is 5.37. The van der Waals surface area contributed by atoms with Crippen LogP contribution in [0.4, 0.5) is 4.79 Å². The second-order valence-corrected chi connectivity index (χ2v) is 6.03. The Morgan fingerprint density at radius 1 is 1.33 bits per heavy atom. The first-order valence-electron chi connectivity index (χ1n) is 7.20. The van der Waals surface area contributed by atoms with E-state index in [0.29, 0.717) is 25.6 Å². The van der Waals surface area contributed by atoms with Crippen LogP contribution in [0.2, 0.25) is 0 Å². The molecule has 0 aromatic rings. The van der Waals surface area contributed by atoms with Crippen molar-refractivity contribution in [1.82, 2.24) is 10.2 Å². The first kappa shape index (κ1) is 22.5. The summed E-state index contributed by atoms with van der Waals surface area (Å²) in [5.74, 6) is 0.403. The topological polar surface area (TPSA) is 80.0 Å². The van der Waals surface area contributed by atoms with Crippen LogP contribution in [-0.2, 0) is 4.74 Å². The monoisotopic (exact) mass is 414 g/mol. The van der Waals surface area contributed by atoms with Crippen LogP contribution in [0, 0.1) is 0 Å². The molecule has 7 heteroatoms. The number of nitrogens with zero attached hydrogens (tertiary/aromatic N) is 2. The minimum atomic E-state index is -0.482. The highest BCUT2D eigenvalue weighted by Crippen LogP contribution is 2.10. The summed E-state index contributed by atoms with van der Waals surface area (Å²) in [5.41, 5.74) is 5.24. The maximum atomic E-state index is 12.0. The molecule has 0 radical (unpaired) electrons. The average Bonchev–Trinajstić information content (AvgIpc) is 2.24. The largest absolute Gasteiger partial charge is 0.444 e. The minimum Gasteiger partial charge on any atom is -0.444 e. The van der Waals surface area contributed by atoms with Crippen molar-refractivity contribution in [2.75, 3.05) is 19.6 Å². The Balaban J connectivity index is 0. The molecule has 0 aromatic heterocycles. The van der Waals surface area contributed by atoms with E-state index in [9.17, 15) is 4.79 Å². The second-order valence-electron chi connectivity index (χ2n) is 6.03. The number of amides is 1. The van der Waals surface area contributed by atoms with E-state index < -0.39 is 5.60 Å². The lowest BCUT2D eigenvalue weighted by Crippen LogP contribution is -2.40. The molecule has 3 N–H and O–H groups in total. The van der Waals surface area contributed by atoms with Crippen molar-refractivity contribution in [2.45, 2.75) is 59.6 Å². The van der Waals surface area contributed by atoms with E-state index in [-0.39, 0.29) is 36.1 Å². The van der Waals surface area contributed by atoms with Crippen molar-refractivity contribution >= 4 is 36.0 Å². The molecule has 0 saturated carbocycles. The van der Waals surface area contributed by atoms with Crippen LogP contribution in [-0.4, -0.2) is 48.2 Å². The van der Waals surface area contributed by atoms with Crippen LogP contribution in [0.15, 0.2) is 4.99 Å². The van der Waals surface area contributed by atoms with E-state index in [4.69, 9.17) is 10.5 Å². The number of carbonyl (C=O) groups excluding carboxylic acids is 1. The Morgan fingerprint density at radius 2 is 1.90 bits per heavy atom. The molecule has 0 saturated heterocycles. The van der Waals surface area contributed by atoms with Crippen LogP contribution in [0.5, 0.6) is 0 Å². The quantitative estimate of drug-likeness (QED) is 0.398. The first-order valence-corrected chi connectivity index (χ1v) is 7.20. The third-order valence-corrected chi connectivity index (χ3v) is 2.23. The molecule has 0 aliphatic heterocycles. The molecule has 0 bridgehead atoms. The van der Waals surface area contributed by atoms with Crippen LogP contribution < -0.4 is 11.1 Å². The lowest BCUT2D eigenvalue weighted by Gasteiger charge is -2.26. The van der Waals surface area contributed by atoms with Gasteiger partial charge in [0.15, 0.2) is 5.96 Å². The van der Waals surface area contributed by atoms with Gasteiger partial charge in [-0.15, -0.1) is 24.0 Å². The van der Waals surface area contributed by atoms with Gasteiger partial charge in [0, 0.05) is 19.1 Å². The van der Waals surface area contributed by atoms with Crippen LogP contribution in [0.3, 0.4) is 0 Å². The highest BCUT2D eigenvalue weighted by molar-refractivity contribution is 14.0. The van der Waals surface area contributed by atoms with Gasteiger partial charge in [0.05, 0.1) is 6.54 Å². The van der Waals surface area contributed by atoms with Crippen molar-refractivity contribution in [1.29, 1.82) is 0 Å². The van der Waals surface area contributed by atoms with Crippen molar-refractivity contribution < 1.29 is 9.53 Å². The number of nitrogens with one attached hydrogen (secondary N) is 1. The highest BCUT2D eigenvalue weighted by Gasteiger charge is 2.21. The zero-order valence-electron chi connectivity index (χ0n) is 14.1. The van der Waals surface area contributed by atoms with Gasteiger partial charge in [-0.1, -0.05) is 6.92 Å². The van der Waals surface area contributed by atoms with Crippen molar-refractivity contribution in [3.8, 4) is 0 Å². The highest BCUT2D eigenvalue weighted by atomic mass is 127. The molecule has 0 aromatic carbocycles. The maximum Gasteiger partial charge on any atom is 0.410 e. The van der Waals surface area contributed by atoms with E-state index in [1.54, 1.807) is 4.90 Å². The summed E-state index contributed by atoms with van der Waals surface area (Å²) in [6.45, 7) is 13.2. The zero-order chi connectivity index (χ0) is 15.8. The summed E-state index contributed by atoms with van der Waals surface area (Å²) in [5, 5.41) is 3.01. The zero-order valence-corrected chi connectivity index (χ0v) is 16.4. The number of carbonyl (C=O) groups is 1. The van der Waals surface area contributed by atoms with Crippen LogP contribution >= 0.6 is 24.0 Å². The maximum absolute atomic E-state index is 12.0. The predicted octanol–water partition coefficient (Wildman–Crippen LogP) is 2.56. The predicted molar refractivity (Wildman–Crippen MR) is 98.3 cm³/mol. The average molecular weight is 414 g/mol. The van der Waals surface area contributed by atoms with Crippen LogP contribution in [0.1, 0.15) is 48.0 Å². The fraction of sp³-hybridized carbons (Fsp3) is 0.857. The third-order valence-electron chi connectivity index (χ3n) is 2.23. The van der Waals surface area contributed by atoms with Gasteiger partial charge in [0.2, 0.25) is 0 Å². The first-order chi connectivity index (χ1) is 9.15. The van der Waals surface area contributed by atoms with E-state index >= 15 is 0 Å². The lowest BCUT2D eigenvalue weighted by atomic mass is 10.2. The number of hydrogen-bond acceptors (Lipinski definition) is 3. The van der Waals surface area contributed by atoms with Gasteiger partial charge >= 0.3 is 6.09 Å². The fourth-order valence-corrected chi connectivity index (χ4v) is 1.52. The Labute approximate surface area is 145 Å². The van der Waals surface area contributed by atoms with Gasteiger partial charge in [-0.25, -0.2) is 4.79 Å². The van der Waals surface area contributed by atoms with Crippen molar-refractivity contribution in [2.24, 2.45) is 10.7 Å². The number of aliphatic imine (C=N–C) groups is 1. The molecule has 0 unspecified atom stereocenters. The van der Waals surface area contributed by atoms with Crippen LogP contribution in [0.25, 0.3) is 0 Å².